The summed E-state index contributed by atoms with van der Waals surface area (Å²) in [5.74, 6) is 1.12. The van der Waals surface area contributed by atoms with Crippen LogP contribution >= 0.6 is 0 Å². The van der Waals surface area contributed by atoms with Gasteiger partial charge in [0.15, 0.2) is 5.43 Å². The third-order valence-corrected chi connectivity index (χ3v) is 5.42. The SMILES string of the molecule is COc1ccc(N[C@H](C)c2cc(C)cc3c(=O)c(C)c(-c4cccnc4)oc23)c(C)n1. The molecule has 4 rings (SSSR count). The number of ether oxygens (including phenoxy) is 1. The smallest absolute Gasteiger partial charge is 0.213 e. The van der Waals surface area contributed by atoms with Crippen molar-refractivity contribution in [3.05, 3.63) is 81.4 Å². The molecule has 4 aromatic rings. The second-order valence-corrected chi connectivity index (χ2v) is 7.71. The highest BCUT2D eigenvalue weighted by Gasteiger charge is 2.19. The van der Waals surface area contributed by atoms with Gasteiger partial charge in [0.25, 0.3) is 0 Å². The fourth-order valence-electron chi connectivity index (χ4n) is 3.78. The van der Waals surface area contributed by atoms with Crippen LogP contribution in [0.1, 0.15) is 35.3 Å². The number of nitrogens with zero attached hydrogens (tertiary/aromatic N) is 2. The summed E-state index contributed by atoms with van der Waals surface area (Å²) in [7, 11) is 1.60. The highest BCUT2D eigenvalue weighted by molar-refractivity contribution is 5.84. The minimum Gasteiger partial charge on any atom is -0.481 e. The first-order chi connectivity index (χ1) is 14.9. The number of hydrogen-bond acceptors (Lipinski definition) is 6. The fraction of sp³-hybridized carbons (Fsp3) is 0.240. The molecule has 0 fully saturated rings. The van der Waals surface area contributed by atoms with E-state index in [0.29, 0.717) is 28.2 Å². The van der Waals surface area contributed by atoms with E-state index >= 15 is 0 Å². The summed E-state index contributed by atoms with van der Waals surface area (Å²) in [4.78, 5) is 21.8. The highest BCUT2D eigenvalue weighted by atomic mass is 16.5. The van der Waals surface area contributed by atoms with Gasteiger partial charge in [0.2, 0.25) is 5.88 Å². The number of benzene rings is 1. The van der Waals surface area contributed by atoms with Gasteiger partial charge in [-0.3, -0.25) is 9.78 Å². The van der Waals surface area contributed by atoms with Gasteiger partial charge in [-0.1, -0.05) is 6.07 Å². The van der Waals surface area contributed by atoms with E-state index in [4.69, 9.17) is 9.15 Å². The molecule has 3 heterocycles. The topological polar surface area (TPSA) is 77.2 Å². The Bertz CT molecular complexity index is 1310. The van der Waals surface area contributed by atoms with Crippen LogP contribution in [0.5, 0.6) is 5.88 Å². The molecule has 3 aromatic heterocycles. The quantitative estimate of drug-likeness (QED) is 0.473. The van der Waals surface area contributed by atoms with E-state index in [9.17, 15) is 4.79 Å². The number of aryl methyl sites for hydroxylation is 2. The van der Waals surface area contributed by atoms with E-state index in [-0.39, 0.29) is 11.5 Å². The lowest BCUT2D eigenvalue weighted by Gasteiger charge is -2.20. The van der Waals surface area contributed by atoms with Gasteiger partial charge in [-0.2, -0.15) is 0 Å². The first kappa shape index (κ1) is 20.6. The molecule has 0 unspecified atom stereocenters. The lowest BCUT2D eigenvalue weighted by atomic mass is 9.99. The third-order valence-electron chi connectivity index (χ3n) is 5.42. The monoisotopic (exact) mass is 415 g/mol. The van der Waals surface area contributed by atoms with Crippen molar-refractivity contribution in [1.29, 1.82) is 0 Å². The zero-order valence-electron chi connectivity index (χ0n) is 18.3. The van der Waals surface area contributed by atoms with Crippen LogP contribution in [-0.2, 0) is 0 Å². The number of pyridine rings is 2. The number of rotatable bonds is 5. The molecular weight excluding hydrogens is 390 g/mol. The number of aromatic nitrogens is 2. The Kier molecular flexibility index (Phi) is 5.46. The average molecular weight is 415 g/mol. The predicted octanol–water partition coefficient (Wildman–Crippen LogP) is 5.36. The average Bonchev–Trinajstić information content (AvgIpc) is 2.78. The van der Waals surface area contributed by atoms with Crippen molar-refractivity contribution in [2.75, 3.05) is 12.4 Å². The second-order valence-electron chi connectivity index (χ2n) is 7.71. The van der Waals surface area contributed by atoms with Crippen molar-refractivity contribution in [3.63, 3.8) is 0 Å². The predicted molar refractivity (Wildman–Crippen MR) is 123 cm³/mol. The molecular formula is C25H25N3O3. The number of hydrogen-bond donors (Lipinski definition) is 1. The van der Waals surface area contributed by atoms with Crippen LogP contribution in [-0.4, -0.2) is 17.1 Å². The van der Waals surface area contributed by atoms with E-state index in [2.05, 4.69) is 21.4 Å². The molecule has 0 radical (unpaired) electrons. The fourth-order valence-corrected chi connectivity index (χ4v) is 3.78. The van der Waals surface area contributed by atoms with Crippen LogP contribution in [0.3, 0.4) is 0 Å². The lowest BCUT2D eigenvalue weighted by molar-refractivity contribution is 0.397. The standard InChI is InChI=1S/C25H25N3O3/c1-14-11-19(16(3)27-21-8-9-22(30-5)28-17(21)4)25-20(12-14)23(29)15(2)24(31-25)18-7-6-10-26-13-18/h6-13,16,27H,1-5H3/t16-/m1/s1. The van der Waals surface area contributed by atoms with Crippen molar-refractivity contribution < 1.29 is 9.15 Å². The molecule has 0 saturated carbocycles. The maximum absolute atomic E-state index is 13.2. The Morgan fingerprint density at radius 3 is 2.61 bits per heavy atom. The molecule has 0 spiro atoms. The van der Waals surface area contributed by atoms with Crippen LogP contribution in [0.4, 0.5) is 5.69 Å². The first-order valence-electron chi connectivity index (χ1n) is 10.2. The van der Waals surface area contributed by atoms with Crippen LogP contribution in [0.15, 0.2) is 58.0 Å². The maximum Gasteiger partial charge on any atom is 0.213 e. The molecule has 1 N–H and O–H groups in total. The van der Waals surface area contributed by atoms with E-state index in [1.165, 1.54) is 0 Å². The van der Waals surface area contributed by atoms with Gasteiger partial charge in [-0.15, -0.1) is 0 Å². The Balaban J connectivity index is 1.85. The summed E-state index contributed by atoms with van der Waals surface area (Å²) in [6.45, 7) is 7.75. The Morgan fingerprint density at radius 1 is 1.13 bits per heavy atom. The maximum atomic E-state index is 13.2. The molecule has 0 aliphatic heterocycles. The Labute approximate surface area is 180 Å². The summed E-state index contributed by atoms with van der Waals surface area (Å²) in [6, 6.07) is 11.3. The largest absolute Gasteiger partial charge is 0.481 e. The first-order valence-corrected chi connectivity index (χ1v) is 10.2. The normalized spacial score (nSPS) is 12.0. The van der Waals surface area contributed by atoms with Crippen molar-refractivity contribution in [2.24, 2.45) is 0 Å². The molecule has 31 heavy (non-hydrogen) atoms. The van der Waals surface area contributed by atoms with Gasteiger partial charge in [-0.05, 0) is 57.5 Å². The van der Waals surface area contributed by atoms with E-state index < -0.39 is 0 Å². The number of nitrogens with one attached hydrogen (secondary N) is 1. The molecule has 158 valence electrons. The third kappa shape index (κ3) is 3.89. The number of fused-ring (bicyclic) bond motifs is 1. The molecule has 0 aliphatic rings. The van der Waals surface area contributed by atoms with Gasteiger partial charge in [-0.25, -0.2) is 4.98 Å². The highest BCUT2D eigenvalue weighted by Crippen LogP contribution is 2.32. The molecule has 0 amide bonds. The summed E-state index contributed by atoms with van der Waals surface area (Å²) in [5.41, 5.74) is 5.54. The second kappa shape index (κ2) is 8.22. The van der Waals surface area contributed by atoms with Crippen molar-refractivity contribution in [1.82, 2.24) is 9.97 Å². The van der Waals surface area contributed by atoms with Gasteiger partial charge in [0, 0.05) is 35.2 Å². The molecule has 0 saturated heterocycles. The Morgan fingerprint density at radius 2 is 1.94 bits per heavy atom. The van der Waals surface area contributed by atoms with Crippen molar-refractivity contribution >= 4 is 16.7 Å². The van der Waals surface area contributed by atoms with Crippen molar-refractivity contribution in [3.8, 4) is 17.2 Å². The molecule has 1 atom stereocenters. The minimum absolute atomic E-state index is 0.0282. The zero-order chi connectivity index (χ0) is 22.1. The van der Waals surface area contributed by atoms with Crippen molar-refractivity contribution in [2.45, 2.75) is 33.7 Å². The molecule has 0 aliphatic carbocycles. The lowest BCUT2D eigenvalue weighted by Crippen LogP contribution is -2.13. The molecule has 6 nitrogen and oxygen atoms in total. The number of anilines is 1. The molecule has 6 heteroatoms. The van der Waals surface area contributed by atoms with Gasteiger partial charge in [0.05, 0.1) is 29.9 Å². The van der Waals surface area contributed by atoms with Crippen LogP contribution in [0.2, 0.25) is 0 Å². The zero-order valence-corrected chi connectivity index (χ0v) is 18.3. The van der Waals surface area contributed by atoms with Gasteiger partial charge >= 0.3 is 0 Å². The summed E-state index contributed by atoms with van der Waals surface area (Å²) < 4.78 is 11.6. The van der Waals surface area contributed by atoms with Gasteiger partial charge in [0.1, 0.15) is 11.3 Å². The van der Waals surface area contributed by atoms with E-state index in [1.807, 2.05) is 51.1 Å². The minimum atomic E-state index is -0.121. The molecule has 0 bridgehead atoms. The summed E-state index contributed by atoms with van der Waals surface area (Å²) in [6.07, 6.45) is 3.41. The van der Waals surface area contributed by atoms with E-state index in [0.717, 1.165) is 28.1 Å². The summed E-state index contributed by atoms with van der Waals surface area (Å²) in [5, 5.41) is 4.08. The van der Waals surface area contributed by atoms with Crippen LogP contribution < -0.4 is 15.5 Å². The van der Waals surface area contributed by atoms with Crippen LogP contribution in [0, 0.1) is 20.8 Å². The number of methoxy groups -OCH3 is 1. The molecule has 1 aromatic carbocycles. The Hall–Kier alpha value is -3.67. The van der Waals surface area contributed by atoms with E-state index in [1.54, 1.807) is 26.4 Å². The summed E-state index contributed by atoms with van der Waals surface area (Å²) >= 11 is 0. The van der Waals surface area contributed by atoms with Crippen LogP contribution in [0.25, 0.3) is 22.3 Å². The van der Waals surface area contributed by atoms with Gasteiger partial charge < -0.3 is 14.5 Å².